The van der Waals surface area contributed by atoms with Gasteiger partial charge in [-0.25, -0.2) is 13.8 Å². The van der Waals surface area contributed by atoms with Gasteiger partial charge in [0, 0.05) is 36.3 Å². The summed E-state index contributed by atoms with van der Waals surface area (Å²) in [5.41, 5.74) is 3.63. The summed E-state index contributed by atoms with van der Waals surface area (Å²) in [6.07, 6.45) is 8.07. The van der Waals surface area contributed by atoms with Crippen molar-refractivity contribution in [3.63, 3.8) is 0 Å². The molecule has 1 aliphatic rings. The van der Waals surface area contributed by atoms with E-state index in [0.717, 1.165) is 41.8 Å². The van der Waals surface area contributed by atoms with Crippen LogP contribution in [0.2, 0.25) is 5.02 Å². The van der Waals surface area contributed by atoms with E-state index in [0.29, 0.717) is 35.9 Å². The third-order valence-electron chi connectivity index (χ3n) is 7.81. The predicted molar refractivity (Wildman–Crippen MR) is 174 cm³/mol. The van der Waals surface area contributed by atoms with Crippen LogP contribution in [0.3, 0.4) is 0 Å². The molecule has 7 nitrogen and oxygen atoms in total. The number of rotatable bonds is 12. The second-order valence-corrected chi connectivity index (χ2v) is 11.7. The third kappa shape index (κ3) is 7.54. The van der Waals surface area contributed by atoms with Gasteiger partial charge in [-0.3, -0.25) is 14.6 Å². The number of halogens is 3. The summed E-state index contributed by atoms with van der Waals surface area (Å²) in [4.78, 5) is 35.8. The Kier molecular flexibility index (Phi) is 10.2. The van der Waals surface area contributed by atoms with Crippen LogP contribution in [0, 0.1) is 17.6 Å². The number of carbonyl (C=O) groups excluding carboxylic acids is 2. The molecule has 5 rings (SSSR count). The highest BCUT2D eigenvalue weighted by Crippen LogP contribution is 2.37. The zero-order valence-corrected chi connectivity index (χ0v) is 25.8. The molecule has 1 atom stereocenters. The molecule has 0 radical (unpaired) electrons. The summed E-state index contributed by atoms with van der Waals surface area (Å²) in [5, 5.41) is 5.83. The Morgan fingerprint density at radius 1 is 1.02 bits per heavy atom. The number of amides is 2. The van der Waals surface area contributed by atoms with Crippen molar-refractivity contribution >= 4 is 46.7 Å². The predicted octanol–water partition coefficient (Wildman–Crippen LogP) is 8.57. The monoisotopic (exact) mass is 629 g/mol. The van der Waals surface area contributed by atoms with Gasteiger partial charge in [-0.1, -0.05) is 50.4 Å². The van der Waals surface area contributed by atoms with E-state index in [1.807, 2.05) is 48.5 Å². The van der Waals surface area contributed by atoms with Crippen molar-refractivity contribution in [1.82, 2.24) is 14.9 Å². The second kappa shape index (κ2) is 14.4. The molecule has 0 spiro atoms. The van der Waals surface area contributed by atoms with E-state index in [2.05, 4.69) is 34.4 Å². The lowest BCUT2D eigenvalue weighted by molar-refractivity contribution is -0.129. The molecule has 2 N–H and O–H groups in total. The number of anilines is 3. The largest absolute Gasteiger partial charge is 0.340 e. The van der Waals surface area contributed by atoms with Gasteiger partial charge in [0.2, 0.25) is 12.3 Å². The van der Waals surface area contributed by atoms with E-state index in [-0.39, 0.29) is 41.1 Å². The van der Waals surface area contributed by atoms with Crippen molar-refractivity contribution in [2.24, 2.45) is 5.92 Å². The minimum absolute atomic E-state index is 0.196. The Hall–Kier alpha value is -4.63. The van der Waals surface area contributed by atoms with Gasteiger partial charge in [-0.05, 0) is 78.4 Å². The van der Waals surface area contributed by atoms with Crippen LogP contribution < -0.4 is 10.6 Å². The molecule has 4 aromatic rings. The molecular weight excluding hydrogens is 596 g/mol. The Morgan fingerprint density at radius 3 is 2.60 bits per heavy atom. The van der Waals surface area contributed by atoms with Crippen LogP contribution in [0.1, 0.15) is 56.8 Å². The molecule has 45 heavy (non-hydrogen) atoms. The van der Waals surface area contributed by atoms with Crippen molar-refractivity contribution in [1.29, 1.82) is 0 Å². The Labute approximate surface area is 266 Å². The molecule has 0 fully saturated rings. The van der Waals surface area contributed by atoms with Crippen LogP contribution in [-0.2, 0) is 9.59 Å². The Morgan fingerprint density at radius 2 is 1.87 bits per heavy atom. The van der Waals surface area contributed by atoms with E-state index in [9.17, 15) is 18.4 Å². The number of nitrogens with one attached hydrogen (secondary N) is 2. The van der Waals surface area contributed by atoms with Gasteiger partial charge in [-0.2, -0.15) is 0 Å². The summed E-state index contributed by atoms with van der Waals surface area (Å²) < 4.78 is 29.4. The molecule has 2 aromatic carbocycles. The molecule has 0 unspecified atom stereocenters. The first kappa shape index (κ1) is 31.8. The number of carbonyl (C=O) groups is 2. The molecule has 10 heteroatoms. The first-order valence-corrected chi connectivity index (χ1v) is 15.3. The highest BCUT2D eigenvalue weighted by molar-refractivity contribution is 6.31. The Bertz CT molecular complexity index is 1710. The van der Waals surface area contributed by atoms with Crippen molar-refractivity contribution in [2.45, 2.75) is 45.6 Å². The normalized spacial score (nSPS) is 13.9. The molecular formula is C35H34ClF2N5O2. The first-order chi connectivity index (χ1) is 21.7. The number of benzene rings is 2. The smallest absolute Gasteiger partial charge is 0.247 e. The number of nitrogens with zero attached hydrogens (tertiary/aromatic N) is 3. The van der Waals surface area contributed by atoms with Crippen LogP contribution in [0.4, 0.5) is 26.0 Å². The van der Waals surface area contributed by atoms with Crippen LogP contribution in [0.25, 0.3) is 16.7 Å². The lowest BCUT2D eigenvalue weighted by Crippen LogP contribution is -2.38. The lowest BCUT2D eigenvalue weighted by atomic mass is 9.93. The van der Waals surface area contributed by atoms with E-state index in [1.54, 1.807) is 17.3 Å². The summed E-state index contributed by atoms with van der Waals surface area (Å²) in [5.74, 6) is -0.814. The highest BCUT2D eigenvalue weighted by atomic mass is 35.5. The van der Waals surface area contributed by atoms with Gasteiger partial charge in [0.25, 0.3) is 0 Å². The maximum absolute atomic E-state index is 14.8. The SMILES string of the molecule is CC(C)CCC[C@@H](c1cc(-c2ccc(Nc3ccccn3)cc2NC=O)ccn1)N1CCC(c2c(F)ccc(Cl)c2F)=CC1=O. The van der Waals surface area contributed by atoms with Gasteiger partial charge in [0.05, 0.1) is 28.0 Å². The topological polar surface area (TPSA) is 87.2 Å². The molecule has 0 saturated carbocycles. The summed E-state index contributed by atoms with van der Waals surface area (Å²) in [7, 11) is 0. The molecule has 1 aliphatic heterocycles. The quantitative estimate of drug-likeness (QED) is 0.121. The summed E-state index contributed by atoms with van der Waals surface area (Å²) in [6, 6.07) is 16.9. The number of aromatic nitrogens is 2. The van der Waals surface area contributed by atoms with E-state index >= 15 is 0 Å². The second-order valence-electron chi connectivity index (χ2n) is 11.3. The average Bonchev–Trinajstić information content (AvgIpc) is 3.03. The standard InChI is InChI=1S/C35H34ClF2N5O2/c1-22(2)6-5-7-31(43-17-14-24(19-33(43)45)34-28(37)12-11-27(36)35(34)38)30-18-23(13-16-39-30)26-10-9-25(20-29(26)41-21-44)42-32-8-3-4-15-40-32/h3-4,8-13,15-16,18-22,31H,5-7,14,17H2,1-2H3,(H,40,42)(H,41,44)/t31-/m0/s1. The zero-order valence-electron chi connectivity index (χ0n) is 25.1. The van der Waals surface area contributed by atoms with E-state index in [1.165, 1.54) is 6.08 Å². The lowest BCUT2D eigenvalue weighted by Gasteiger charge is -2.34. The summed E-state index contributed by atoms with van der Waals surface area (Å²) >= 11 is 5.92. The molecule has 3 heterocycles. The fraction of sp³-hybridized carbons (Fsp3) is 0.257. The molecule has 0 saturated heterocycles. The van der Waals surface area contributed by atoms with Crippen LogP contribution in [0.5, 0.6) is 0 Å². The minimum Gasteiger partial charge on any atom is -0.340 e. The summed E-state index contributed by atoms with van der Waals surface area (Å²) in [6.45, 7) is 4.56. The van der Waals surface area contributed by atoms with Crippen LogP contribution in [-0.4, -0.2) is 33.7 Å². The molecule has 2 amide bonds. The molecule has 0 aliphatic carbocycles. The van der Waals surface area contributed by atoms with Crippen molar-refractivity contribution in [2.75, 3.05) is 17.2 Å². The fourth-order valence-corrected chi connectivity index (χ4v) is 5.76. The van der Waals surface area contributed by atoms with Crippen LogP contribution >= 0.6 is 11.6 Å². The van der Waals surface area contributed by atoms with Gasteiger partial charge in [-0.15, -0.1) is 0 Å². The van der Waals surface area contributed by atoms with Gasteiger partial charge < -0.3 is 15.5 Å². The Balaban J connectivity index is 1.47. The third-order valence-corrected chi connectivity index (χ3v) is 8.10. The molecule has 232 valence electrons. The van der Waals surface area contributed by atoms with E-state index in [4.69, 9.17) is 11.6 Å². The van der Waals surface area contributed by atoms with Crippen molar-refractivity contribution in [3.05, 3.63) is 107 Å². The average molecular weight is 630 g/mol. The van der Waals surface area contributed by atoms with Gasteiger partial charge in [0.15, 0.2) is 5.82 Å². The van der Waals surface area contributed by atoms with Crippen molar-refractivity contribution < 1.29 is 18.4 Å². The zero-order chi connectivity index (χ0) is 31.9. The number of pyridine rings is 2. The number of hydrogen-bond acceptors (Lipinski definition) is 5. The first-order valence-electron chi connectivity index (χ1n) is 14.9. The van der Waals surface area contributed by atoms with Crippen LogP contribution in [0.15, 0.2) is 79.1 Å². The van der Waals surface area contributed by atoms with Gasteiger partial charge in [0.1, 0.15) is 11.6 Å². The molecule has 2 aromatic heterocycles. The van der Waals surface area contributed by atoms with Gasteiger partial charge >= 0.3 is 0 Å². The van der Waals surface area contributed by atoms with Crippen molar-refractivity contribution in [3.8, 4) is 11.1 Å². The minimum atomic E-state index is -0.868. The van der Waals surface area contributed by atoms with E-state index < -0.39 is 11.6 Å². The molecule has 0 bridgehead atoms. The highest BCUT2D eigenvalue weighted by Gasteiger charge is 2.30. The fourth-order valence-electron chi connectivity index (χ4n) is 5.61. The maximum Gasteiger partial charge on any atom is 0.247 e. The maximum atomic E-state index is 14.8. The number of hydrogen-bond donors (Lipinski definition) is 2.